The lowest BCUT2D eigenvalue weighted by atomic mass is 9.85. The number of H-pyrrole nitrogens is 1. The van der Waals surface area contributed by atoms with Crippen molar-refractivity contribution in [3.05, 3.63) is 82.9 Å². The Morgan fingerprint density at radius 1 is 1.23 bits per heavy atom. The summed E-state index contributed by atoms with van der Waals surface area (Å²) in [6.45, 7) is 5.61. The molecule has 2 atom stereocenters. The number of amides is 2. The van der Waals surface area contributed by atoms with E-state index < -0.39 is 0 Å². The van der Waals surface area contributed by atoms with Gasteiger partial charge in [-0.2, -0.15) is 0 Å². The Labute approximate surface area is 177 Å². The van der Waals surface area contributed by atoms with E-state index in [0.29, 0.717) is 13.2 Å². The third-order valence-electron chi connectivity index (χ3n) is 5.83. The van der Waals surface area contributed by atoms with E-state index in [1.165, 1.54) is 22.3 Å². The van der Waals surface area contributed by atoms with Gasteiger partial charge in [0.1, 0.15) is 0 Å². The quantitative estimate of drug-likeness (QED) is 0.573. The number of anilines is 1. The van der Waals surface area contributed by atoms with Crippen molar-refractivity contribution in [2.45, 2.75) is 38.6 Å². The molecule has 156 valence electrons. The van der Waals surface area contributed by atoms with Crippen LogP contribution in [0.5, 0.6) is 0 Å². The maximum Gasteiger partial charge on any atom is 0.319 e. The van der Waals surface area contributed by atoms with Crippen LogP contribution in [0.4, 0.5) is 10.5 Å². The van der Waals surface area contributed by atoms with Crippen LogP contribution in [0, 0.1) is 13.8 Å². The van der Waals surface area contributed by atoms with Crippen LogP contribution >= 0.6 is 0 Å². The maximum absolute atomic E-state index is 12.2. The number of ether oxygens (including phenoxy) is 1. The molecule has 4 rings (SSSR count). The zero-order valence-corrected chi connectivity index (χ0v) is 17.4. The Kier molecular flexibility index (Phi) is 6.14. The summed E-state index contributed by atoms with van der Waals surface area (Å²) in [5.41, 5.74) is 6.98. The molecule has 0 bridgehead atoms. The van der Waals surface area contributed by atoms with Crippen LogP contribution in [0.15, 0.2) is 55.0 Å². The average Bonchev–Trinajstić information content (AvgIpc) is 3.44. The fourth-order valence-electron chi connectivity index (χ4n) is 3.96. The predicted molar refractivity (Wildman–Crippen MR) is 118 cm³/mol. The third-order valence-corrected chi connectivity index (χ3v) is 5.83. The lowest BCUT2D eigenvalue weighted by molar-refractivity contribution is 0.189. The summed E-state index contributed by atoms with van der Waals surface area (Å²) in [5, 5.41) is 5.84. The van der Waals surface area contributed by atoms with Gasteiger partial charge in [0.25, 0.3) is 0 Å². The summed E-state index contributed by atoms with van der Waals surface area (Å²) in [5.74, 6) is 0.192. The van der Waals surface area contributed by atoms with Crippen LogP contribution in [-0.4, -0.2) is 35.3 Å². The van der Waals surface area contributed by atoms with E-state index in [2.05, 4.69) is 64.8 Å². The number of rotatable bonds is 6. The van der Waals surface area contributed by atoms with Gasteiger partial charge in [-0.1, -0.05) is 30.3 Å². The van der Waals surface area contributed by atoms with E-state index in [0.717, 1.165) is 24.2 Å². The number of carbonyl (C=O) groups excluding carboxylic acids is 1. The molecule has 2 heterocycles. The van der Waals surface area contributed by atoms with E-state index in [1.54, 1.807) is 6.33 Å². The fraction of sp³-hybridized carbons (Fsp3) is 0.333. The SMILES string of the molecule is Cc1cccc(C(Cc2ccc(NC(=O)NC3CCOC3)cc2)c2cnc[nH]2)c1C. The summed E-state index contributed by atoms with van der Waals surface area (Å²) in [7, 11) is 0. The lowest BCUT2D eigenvalue weighted by Gasteiger charge is -2.20. The molecule has 2 aromatic carbocycles. The van der Waals surface area contributed by atoms with Gasteiger partial charge in [-0.15, -0.1) is 0 Å². The summed E-state index contributed by atoms with van der Waals surface area (Å²) in [6.07, 6.45) is 5.34. The minimum atomic E-state index is -0.191. The molecule has 0 saturated carbocycles. The second-order valence-electron chi connectivity index (χ2n) is 7.91. The van der Waals surface area contributed by atoms with Crippen molar-refractivity contribution in [3.63, 3.8) is 0 Å². The molecule has 1 aliphatic heterocycles. The number of aromatic nitrogens is 2. The first kappa shape index (κ1) is 20.2. The third kappa shape index (κ3) is 4.71. The normalized spacial score (nSPS) is 16.9. The number of imidazole rings is 1. The van der Waals surface area contributed by atoms with E-state index in [4.69, 9.17) is 4.74 Å². The summed E-state index contributed by atoms with van der Waals surface area (Å²) >= 11 is 0. The number of benzene rings is 2. The molecule has 1 saturated heterocycles. The molecule has 3 N–H and O–H groups in total. The molecule has 0 radical (unpaired) electrons. The smallest absolute Gasteiger partial charge is 0.319 e. The van der Waals surface area contributed by atoms with E-state index in [-0.39, 0.29) is 18.0 Å². The monoisotopic (exact) mass is 404 g/mol. The largest absolute Gasteiger partial charge is 0.379 e. The number of hydrogen-bond donors (Lipinski definition) is 3. The van der Waals surface area contributed by atoms with Gasteiger partial charge in [-0.25, -0.2) is 9.78 Å². The summed E-state index contributed by atoms with van der Waals surface area (Å²) in [4.78, 5) is 19.7. The molecular formula is C24H28N4O2. The van der Waals surface area contributed by atoms with E-state index >= 15 is 0 Å². The minimum absolute atomic E-state index is 0.0944. The highest BCUT2D eigenvalue weighted by Crippen LogP contribution is 2.31. The Morgan fingerprint density at radius 3 is 2.77 bits per heavy atom. The minimum Gasteiger partial charge on any atom is -0.379 e. The van der Waals surface area contributed by atoms with E-state index in [1.807, 2.05) is 18.3 Å². The topological polar surface area (TPSA) is 79.0 Å². The van der Waals surface area contributed by atoms with Crippen molar-refractivity contribution in [1.29, 1.82) is 0 Å². The van der Waals surface area contributed by atoms with Gasteiger partial charge in [0.15, 0.2) is 0 Å². The molecule has 1 aromatic heterocycles. The second kappa shape index (κ2) is 9.13. The zero-order valence-electron chi connectivity index (χ0n) is 17.4. The maximum atomic E-state index is 12.2. The van der Waals surface area contributed by atoms with Crippen LogP contribution in [0.25, 0.3) is 0 Å². The molecule has 6 nitrogen and oxygen atoms in total. The first-order chi connectivity index (χ1) is 14.6. The zero-order chi connectivity index (χ0) is 20.9. The summed E-state index contributed by atoms with van der Waals surface area (Å²) < 4.78 is 5.29. The molecule has 0 aliphatic carbocycles. The highest BCUT2D eigenvalue weighted by atomic mass is 16.5. The lowest BCUT2D eigenvalue weighted by Crippen LogP contribution is -2.38. The number of urea groups is 1. The molecule has 0 spiro atoms. The molecule has 3 aromatic rings. The van der Waals surface area contributed by atoms with Crippen molar-refractivity contribution in [2.75, 3.05) is 18.5 Å². The number of aromatic amines is 1. The fourth-order valence-corrected chi connectivity index (χ4v) is 3.96. The van der Waals surface area contributed by atoms with Crippen LogP contribution in [-0.2, 0) is 11.2 Å². The second-order valence-corrected chi connectivity index (χ2v) is 7.91. The van der Waals surface area contributed by atoms with Gasteiger partial charge in [0, 0.05) is 30.1 Å². The average molecular weight is 405 g/mol. The molecule has 30 heavy (non-hydrogen) atoms. The van der Waals surface area contributed by atoms with Crippen LogP contribution in [0.3, 0.4) is 0 Å². The Morgan fingerprint density at radius 2 is 2.07 bits per heavy atom. The van der Waals surface area contributed by atoms with Gasteiger partial charge >= 0.3 is 6.03 Å². The first-order valence-corrected chi connectivity index (χ1v) is 10.4. The van der Waals surface area contributed by atoms with Gasteiger partial charge in [0.05, 0.1) is 19.0 Å². The van der Waals surface area contributed by atoms with Crippen molar-refractivity contribution in [3.8, 4) is 0 Å². The molecule has 1 fully saturated rings. The number of carbonyl (C=O) groups is 1. The van der Waals surface area contributed by atoms with Crippen LogP contribution in [0.1, 0.15) is 40.3 Å². The van der Waals surface area contributed by atoms with Crippen molar-refractivity contribution in [1.82, 2.24) is 15.3 Å². The van der Waals surface area contributed by atoms with Gasteiger partial charge in [-0.05, 0) is 61.1 Å². The Bertz CT molecular complexity index is 977. The Balaban J connectivity index is 1.47. The Hall–Kier alpha value is -3.12. The number of nitrogens with zero attached hydrogens (tertiary/aromatic N) is 1. The van der Waals surface area contributed by atoms with Gasteiger partial charge in [-0.3, -0.25) is 0 Å². The predicted octanol–water partition coefficient (Wildman–Crippen LogP) is 4.31. The first-order valence-electron chi connectivity index (χ1n) is 10.4. The van der Waals surface area contributed by atoms with Gasteiger partial charge in [0.2, 0.25) is 0 Å². The standard InChI is InChI=1S/C24H28N4O2/c1-16-4-3-5-21(17(16)2)22(23-13-25-15-26-23)12-18-6-8-19(9-7-18)27-24(29)28-20-10-11-30-14-20/h3-9,13,15,20,22H,10-12,14H2,1-2H3,(H,25,26)(H2,27,28,29). The molecule has 1 aliphatic rings. The highest BCUT2D eigenvalue weighted by molar-refractivity contribution is 5.89. The number of nitrogens with one attached hydrogen (secondary N) is 3. The highest BCUT2D eigenvalue weighted by Gasteiger charge is 2.20. The molecule has 2 unspecified atom stereocenters. The van der Waals surface area contributed by atoms with Crippen LogP contribution in [0.2, 0.25) is 0 Å². The molecular weight excluding hydrogens is 376 g/mol. The van der Waals surface area contributed by atoms with Crippen LogP contribution < -0.4 is 10.6 Å². The molecule has 6 heteroatoms. The van der Waals surface area contributed by atoms with Crippen molar-refractivity contribution < 1.29 is 9.53 Å². The summed E-state index contributed by atoms with van der Waals surface area (Å²) in [6, 6.07) is 14.4. The van der Waals surface area contributed by atoms with Crippen molar-refractivity contribution in [2.24, 2.45) is 0 Å². The van der Waals surface area contributed by atoms with E-state index in [9.17, 15) is 4.79 Å². The number of aryl methyl sites for hydroxylation is 1. The van der Waals surface area contributed by atoms with Gasteiger partial charge < -0.3 is 20.4 Å². The molecule has 2 amide bonds. The van der Waals surface area contributed by atoms with Crippen molar-refractivity contribution >= 4 is 11.7 Å². The number of hydrogen-bond acceptors (Lipinski definition) is 3.